The lowest BCUT2D eigenvalue weighted by molar-refractivity contribution is -0.125. The summed E-state index contributed by atoms with van der Waals surface area (Å²) in [5.74, 6) is -0.746. The van der Waals surface area contributed by atoms with E-state index in [4.69, 9.17) is 21.1 Å². The first-order chi connectivity index (χ1) is 17.4. The fourth-order valence-electron chi connectivity index (χ4n) is 3.83. The molecule has 0 aliphatic carbocycles. The highest BCUT2D eigenvalue weighted by atomic mass is 35.5. The van der Waals surface area contributed by atoms with Crippen molar-refractivity contribution in [3.8, 4) is 5.75 Å². The van der Waals surface area contributed by atoms with Gasteiger partial charge in [-0.1, -0.05) is 72.3 Å². The predicted molar refractivity (Wildman–Crippen MR) is 141 cm³/mol. The Morgan fingerprint density at radius 2 is 1.47 bits per heavy atom. The van der Waals surface area contributed by atoms with Crippen molar-refractivity contribution in [2.75, 3.05) is 5.32 Å². The van der Waals surface area contributed by atoms with Gasteiger partial charge in [0.2, 0.25) is 6.10 Å². The Labute approximate surface area is 215 Å². The van der Waals surface area contributed by atoms with Crippen molar-refractivity contribution in [3.63, 3.8) is 0 Å². The summed E-state index contributed by atoms with van der Waals surface area (Å²) in [4.78, 5) is 26.6. The molecular weight excluding hydrogens is 474 g/mol. The van der Waals surface area contributed by atoms with E-state index in [1.807, 2.05) is 50.2 Å². The summed E-state index contributed by atoms with van der Waals surface area (Å²) in [6.45, 7) is 4.16. The van der Waals surface area contributed by atoms with Crippen LogP contribution in [0, 0.1) is 13.8 Å². The number of hydrogen-bond acceptors (Lipinski definition) is 4. The predicted octanol–water partition coefficient (Wildman–Crippen LogP) is 7.07. The number of hydrogen-bond donors (Lipinski definition) is 1. The topological polar surface area (TPSA) is 64.6 Å². The lowest BCUT2D eigenvalue weighted by Gasteiger charge is -2.19. The molecule has 0 bridgehead atoms. The van der Waals surface area contributed by atoms with Gasteiger partial charge in [-0.2, -0.15) is 0 Å². The number of carbonyl (C=O) groups excluding carboxylic acids is 2. The quantitative estimate of drug-likeness (QED) is 0.263. The van der Waals surface area contributed by atoms with Crippen LogP contribution in [0.2, 0.25) is 5.02 Å². The van der Waals surface area contributed by atoms with Crippen molar-refractivity contribution in [1.82, 2.24) is 0 Å². The van der Waals surface area contributed by atoms with E-state index in [2.05, 4.69) is 5.32 Å². The monoisotopic (exact) mass is 499 g/mol. The van der Waals surface area contributed by atoms with Gasteiger partial charge in [-0.15, -0.1) is 0 Å². The van der Waals surface area contributed by atoms with Gasteiger partial charge < -0.3 is 14.8 Å². The van der Waals surface area contributed by atoms with Gasteiger partial charge in [0.15, 0.2) is 0 Å². The number of amides is 1. The Bertz CT molecular complexity index is 1330. The second-order valence-electron chi connectivity index (χ2n) is 8.47. The zero-order valence-corrected chi connectivity index (χ0v) is 20.8. The van der Waals surface area contributed by atoms with E-state index in [0.29, 0.717) is 22.0 Å². The molecule has 5 nitrogen and oxygen atoms in total. The fourth-order valence-corrected chi connectivity index (χ4v) is 3.95. The molecule has 0 saturated heterocycles. The van der Waals surface area contributed by atoms with Gasteiger partial charge in [-0.3, -0.25) is 4.79 Å². The zero-order valence-electron chi connectivity index (χ0n) is 20.0. The number of para-hydroxylation sites is 1. The van der Waals surface area contributed by atoms with Crippen molar-refractivity contribution in [1.29, 1.82) is 0 Å². The second-order valence-corrected chi connectivity index (χ2v) is 8.91. The van der Waals surface area contributed by atoms with Crippen LogP contribution in [-0.4, -0.2) is 11.9 Å². The largest absolute Gasteiger partial charge is 0.488 e. The van der Waals surface area contributed by atoms with Gasteiger partial charge >= 0.3 is 5.97 Å². The standard InChI is InChI=1S/C30H26ClNO4/c1-20-16-21(2)18-25(17-20)32-29(33)28(23-8-4-3-5-9-23)36-30(34)26-10-6-7-11-27(26)35-19-22-12-14-24(31)15-13-22/h3-18,28H,19H2,1-2H3,(H,32,33). The molecule has 6 heteroatoms. The van der Waals surface area contributed by atoms with E-state index in [-0.39, 0.29) is 12.2 Å². The molecule has 0 aliphatic heterocycles. The number of rotatable bonds is 8. The van der Waals surface area contributed by atoms with E-state index < -0.39 is 18.0 Å². The van der Waals surface area contributed by atoms with Crippen LogP contribution in [0.25, 0.3) is 0 Å². The maximum absolute atomic E-state index is 13.3. The van der Waals surface area contributed by atoms with Crippen LogP contribution < -0.4 is 10.1 Å². The Kier molecular flexibility index (Phi) is 8.03. The first-order valence-electron chi connectivity index (χ1n) is 11.5. The van der Waals surface area contributed by atoms with Gasteiger partial charge in [-0.25, -0.2) is 4.79 Å². The highest BCUT2D eigenvalue weighted by Crippen LogP contribution is 2.26. The summed E-state index contributed by atoms with van der Waals surface area (Å²) >= 11 is 5.95. The summed E-state index contributed by atoms with van der Waals surface area (Å²) < 4.78 is 11.7. The Balaban J connectivity index is 1.55. The van der Waals surface area contributed by atoms with Crippen LogP contribution in [0.1, 0.15) is 38.7 Å². The van der Waals surface area contributed by atoms with Crippen LogP contribution in [0.4, 0.5) is 5.69 Å². The second kappa shape index (κ2) is 11.6. The summed E-state index contributed by atoms with van der Waals surface area (Å²) in [5.41, 5.74) is 4.37. The molecule has 182 valence electrons. The van der Waals surface area contributed by atoms with Crippen LogP contribution in [0.3, 0.4) is 0 Å². The molecule has 0 saturated carbocycles. The molecule has 0 aromatic heterocycles. The van der Waals surface area contributed by atoms with Gasteiger partial charge in [-0.05, 0) is 66.9 Å². The molecule has 1 N–H and O–H groups in total. The molecule has 4 aromatic rings. The lowest BCUT2D eigenvalue weighted by atomic mass is 10.1. The van der Waals surface area contributed by atoms with E-state index in [9.17, 15) is 9.59 Å². The normalized spacial score (nSPS) is 11.4. The molecule has 4 aromatic carbocycles. The molecule has 4 rings (SSSR count). The highest BCUT2D eigenvalue weighted by molar-refractivity contribution is 6.30. The minimum Gasteiger partial charge on any atom is -0.488 e. The van der Waals surface area contributed by atoms with Gasteiger partial charge in [0.25, 0.3) is 5.91 Å². The third kappa shape index (κ3) is 6.52. The van der Waals surface area contributed by atoms with Gasteiger partial charge in [0.05, 0.1) is 0 Å². The number of halogens is 1. The van der Waals surface area contributed by atoms with Crippen LogP contribution in [0.5, 0.6) is 5.75 Å². The Morgan fingerprint density at radius 1 is 0.833 bits per heavy atom. The van der Waals surface area contributed by atoms with E-state index in [1.54, 1.807) is 60.7 Å². The zero-order chi connectivity index (χ0) is 25.5. The molecule has 1 atom stereocenters. The van der Waals surface area contributed by atoms with Crippen LogP contribution in [0.15, 0.2) is 97.1 Å². The molecule has 0 fully saturated rings. The first kappa shape index (κ1) is 25.0. The third-order valence-electron chi connectivity index (χ3n) is 5.47. The first-order valence-corrected chi connectivity index (χ1v) is 11.9. The van der Waals surface area contributed by atoms with Crippen molar-refractivity contribution < 1.29 is 19.1 Å². The summed E-state index contributed by atoms with van der Waals surface area (Å²) in [7, 11) is 0. The molecule has 1 unspecified atom stereocenters. The van der Waals surface area contributed by atoms with E-state index in [0.717, 1.165) is 16.7 Å². The number of nitrogens with one attached hydrogen (secondary N) is 1. The van der Waals surface area contributed by atoms with Crippen molar-refractivity contribution in [3.05, 3.63) is 130 Å². The number of carbonyl (C=O) groups is 2. The minimum absolute atomic E-state index is 0.228. The number of benzene rings is 4. The molecule has 0 aliphatic rings. The third-order valence-corrected chi connectivity index (χ3v) is 5.72. The molecule has 36 heavy (non-hydrogen) atoms. The maximum atomic E-state index is 13.3. The molecule has 0 radical (unpaired) electrons. The average molecular weight is 500 g/mol. The molecule has 1 amide bonds. The minimum atomic E-state index is -1.15. The molecular formula is C30H26ClNO4. The van der Waals surface area contributed by atoms with E-state index >= 15 is 0 Å². The van der Waals surface area contributed by atoms with Crippen LogP contribution >= 0.6 is 11.6 Å². The van der Waals surface area contributed by atoms with Crippen molar-refractivity contribution in [2.45, 2.75) is 26.6 Å². The Morgan fingerprint density at radius 3 is 2.17 bits per heavy atom. The van der Waals surface area contributed by atoms with E-state index in [1.165, 1.54) is 0 Å². The smallest absolute Gasteiger partial charge is 0.343 e. The summed E-state index contributed by atoms with van der Waals surface area (Å²) in [6, 6.07) is 28.8. The average Bonchev–Trinajstić information content (AvgIpc) is 2.87. The molecule has 0 heterocycles. The lowest BCUT2D eigenvalue weighted by Crippen LogP contribution is -2.26. The highest BCUT2D eigenvalue weighted by Gasteiger charge is 2.27. The molecule has 0 spiro atoms. The summed E-state index contributed by atoms with van der Waals surface area (Å²) in [5, 5.41) is 3.52. The number of esters is 1. The summed E-state index contributed by atoms with van der Waals surface area (Å²) in [6.07, 6.45) is -1.15. The Hall–Kier alpha value is -4.09. The number of aryl methyl sites for hydroxylation is 2. The number of ether oxygens (including phenoxy) is 2. The van der Waals surface area contributed by atoms with Gasteiger partial charge in [0.1, 0.15) is 17.9 Å². The van der Waals surface area contributed by atoms with Crippen molar-refractivity contribution >= 4 is 29.2 Å². The SMILES string of the molecule is Cc1cc(C)cc(NC(=O)C(OC(=O)c2ccccc2OCc2ccc(Cl)cc2)c2ccccc2)c1. The van der Waals surface area contributed by atoms with Gasteiger partial charge in [0, 0.05) is 16.3 Å². The fraction of sp³-hybridized carbons (Fsp3) is 0.133. The van der Waals surface area contributed by atoms with Crippen molar-refractivity contribution in [2.24, 2.45) is 0 Å². The number of anilines is 1. The van der Waals surface area contributed by atoms with Crippen LogP contribution in [-0.2, 0) is 16.1 Å². The maximum Gasteiger partial charge on any atom is 0.343 e.